The highest BCUT2D eigenvalue weighted by Crippen LogP contribution is 2.26. The molecule has 6 nitrogen and oxygen atoms in total. The molecule has 1 aromatic rings. The van der Waals surface area contributed by atoms with Crippen LogP contribution >= 0.6 is 0 Å². The van der Waals surface area contributed by atoms with E-state index in [2.05, 4.69) is 0 Å². The zero-order chi connectivity index (χ0) is 14.0. The fraction of sp³-hybridized carbons (Fsp3) is 0.462. The Bertz CT molecular complexity index is 478. The molecule has 0 aromatic heterocycles. The Kier molecular flexibility index (Phi) is 3.92. The Hall–Kier alpha value is -1.79. The van der Waals surface area contributed by atoms with Crippen molar-refractivity contribution in [1.82, 2.24) is 4.90 Å². The maximum atomic E-state index is 12.4. The van der Waals surface area contributed by atoms with Gasteiger partial charge in [0.05, 0.1) is 18.8 Å². The van der Waals surface area contributed by atoms with E-state index in [-0.39, 0.29) is 29.6 Å². The molecule has 2 atom stereocenters. The molecule has 0 spiro atoms. The van der Waals surface area contributed by atoms with Crippen LogP contribution in [0, 0.1) is 0 Å². The predicted octanol–water partition coefficient (Wildman–Crippen LogP) is 0.286. The van der Waals surface area contributed by atoms with Crippen molar-refractivity contribution in [2.75, 3.05) is 19.7 Å². The Balaban J connectivity index is 2.19. The first-order chi connectivity index (χ1) is 9.02. The fourth-order valence-corrected chi connectivity index (χ4v) is 2.07. The smallest absolute Gasteiger partial charge is 0.254 e. The third-order valence-corrected chi connectivity index (χ3v) is 3.25. The van der Waals surface area contributed by atoms with Gasteiger partial charge in [-0.25, -0.2) is 0 Å². The summed E-state index contributed by atoms with van der Waals surface area (Å²) in [4.78, 5) is 14.0. The quantitative estimate of drug-likeness (QED) is 0.668. The van der Waals surface area contributed by atoms with Crippen molar-refractivity contribution in [2.45, 2.75) is 19.1 Å². The lowest BCUT2D eigenvalue weighted by Crippen LogP contribution is -2.52. The zero-order valence-electron chi connectivity index (χ0n) is 10.7. The van der Waals surface area contributed by atoms with Crippen LogP contribution in [0.2, 0.25) is 0 Å². The van der Waals surface area contributed by atoms with E-state index in [0.717, 1.165) is 0 Å². The number of hydrogen-bond donors (Lipinski definition) is 3. The van der Waals surface area contributed by atoms with Crippen molar-refractivity contribution in [3.8, 4) is 11.5 Å². The number of nitrogens with two attached hydrogens (primary N) is 1. The number of phenolic OH excluding ortho intramolecular Hbond substituents is 2. The molecule has 0 bridgehead atoms. The molecule has 1 aliphatic heterocycles. The van der Waals surface area contributed by atoms with E-state index in [1.54, 1.807) is 4.90 Å². The fourth-order valence-electron chi connectivity index (χ4n) is 2.07. The van der Waals surface area contributed by atoms with Gasteiger partial charge in [0, 0.05) is 18.7 Å². The van der Waals surface area contributed by atoms with Crippen LogP contribution in [0.5, 0.6) is 11.5 Å². The average Bonchev–Trinajstić information content (AvgIpc) is 2.41. The standard InChI is InChI=1S/C13H18N2O4/c1-8-7-19-10(5-14)6-15(8)13(18)9-2-3-11(16)12(17)4-9/h2-4,8,10,16-17H,5-7,14H2,1H3. The molecule has 0 radical (unpaired) electrons. The lowest BCUT2D eigenvalue weighted by Gasteiger charge is -2.37. The average molecular weight is 266 g/mol. The molecule has 1 aromatic carbocycles. The van der Waals surface area contributed by atoms with E-state index >= 15 is 0 Å². The largest absolute Gasteiger partial charge is 0.504 e. The van der Waals surface area contributed by atoms with E-state index in [1.165, 1.54) is 18.2 Å². The Morgan fingerprint density at radius 3 is 2.84 bits per heavy atom. The molecule has 104 valence electrons. The van der Waals surface area contributed by atoms with E-state index < -0.39 is 0 Å². The third kappa shape index (κ3) is 2.80. The number of morpholine rings is 1. The predicted molar refractivity (Wildman–Crippen MR) is 69.1 cm³/mol. The summed E-state index contributed by atoms with van der Waals surface area (Å²) in [5, 5.41) is 18.7. The number of hydrogen-bond acceptors (Lipinski definition) is 5. The third-order valence-electron chi connectivity index (χ3n) is 3.25. The summed E-state index contributed by atoms with van der Waals surface area (Å²) in [6.45, 7) is 3.12. The van der Waals surface area contributed by atoms with Crippen LogP contribution in [-0.4, -0.2) is 52.9 Å². The first-order valence-electron chi connectivity index (χ1n) is 6.17. The van der Waals surface area contributed by atoms with Crippen LogP contribution < -0.4 is 5.73 Å². The van der Waals surface area contributed by atoms with Gasteiger partial charge in [-0.2, -0.15) is 0 Å². The second-order valence-electron chi connectivity index (χ2n) is 4.70. The van der Waals surface area contributed by atoms with Crippen molar-refractivity contribution in [1.29, 1.82) is 0 Å². The lowest BCUT2D eigenvalue weighted by molar-refractivity contribution is -0.0426. The summed E-state index contributed by atoms with van der Waals surface area (Å²) in [5.74, 6) is -0.752. The molecule has 1 heterocycles. The minimum absolute atomic E-state index is 0.0498. The highest BCUT2D eigenvalue weighted by Gasteiger charge is 2.29. The lowest BCUT2D eigenvalue weighted by atomic mass is 10.1. The van der Waals surface area contributed by atoms with Gasteiger partial charge < -0.3 is 25.6 Å². The first-order valence-corrected chi connectivity index (χ1v) is 6.17. The molecule has 0 aliphatic carbocycles. The number of benzene rings is 1. The van der Waals surface area contributed by atoms with Crippen LogP contribution in [0.25, 0.3) is 0 Å². The van der Waals surface area contributed by atoms with Gasteiger partial charge in [-0.05, 0) is 25.1 Å². The number of nitrogens with zero attached hydrogens (tertiary/aromatic N) is 1. The summed E-state index contributed by atoms with van der Waals surface area (Å²) in [5.41, 5.74) is 5.89. The van der Waals surface area contributed by atoms with Crippen LogP contribution in [0.3, 0.4) is 0 Å². The Morgan fingerprint density at radius 1 is 1.47 bits per heavy atom. The summed E-state index contributed by atoms with van der Waals surface area (Å²) in [6, 6.07) is 3.99. The second kappa shape index (κ2) is 5.46. The van der Waals surface area contributed by atoms with Gasteiger partial charge in [0.15, 0.2) is 11.5 Å². The minimum Gasteiger partial charge on any atom is -0.504 e. The van der Waals surface area contributed by atoms with Crippen molar-refractivity contribution in [2.24, 2.45) is 5.73 Å². The number of ether oxygens (including phenoxy) is 1. The molecular weight excluding hydrogens is 248 g/mol. The van der Waals surface area contributed by atoms with E-state index in [4.69, 9.17) is 10.5 Å². The van der Waals surface area contributed by atoms with Gasteiger partial charge in [0.25, 0.3) is 5.91 Å². The molecule has 1 saturated heterocycles. The molecule has 0 saturated carbocycles. The summed E-state index contributed by atoms with van der Waals surface area (Å²) in [6.07, 6.45) is -0.161. The maximum Gasteiger partial charge on any atom is 0.254 e. The Morgan fingerprint density at radius 2 is 2.21 bits per heavy atom. The number of rotatable bonds is 2. The minimum atomic E-state index is -0.304. The molecular formula is C13H18N2O4. The summed E-state index contributed by atoms with van der Waals surface area (Å²) < 4.78 is 5.49. The number of aromatic hydroxyl groups is 2. The highest BCUT2D eigenvalue weighted by molar-refractivity contribution is 5.95. The molecule has 1 fully saturated rings. The number of carbonyl (C=O) groups is 1. The SMILES string of the molecule is CC1COC(CN)CN1C(=O)c1ccc(O)c(O)c1. The zero-order valence-corrected chi connectivity index (χ0v) is 10.7. The van der Waals surface area contributed by atoms with E-state index in [1.807, 2.05) is 6.92 Å². The van der Waals surface area contributed by atoms with Gasteiger partial charge >= 0.3 is 0 Å². The van der Waals surface area contributed by atoms with Gasteiger partial charge in [-0.3, -0.25) is 4.79 Å². The molecule has 1 aliphatic rings. The van der Waals surface area contributed by atoms with Crippen LogP contribution in [0.1, 0.15) is 17.3 Å². The molecule has 6 heteroatoms. The molecule has 1 amide bonds. The Labute approximate surface area is 111 Å². The van der Waals surface area contributed by atoms with Crippen molar-refractivity contribution < 1.29 is 19.7 Å². The maximum absolute atomic E-state index is 12.4. The van der Waals surface area contributed by atoms with E-state index in [9.17, 15) is 15.0 Å². The molecule has 4 N–H and O–H groups in total. The van der Waals surface area contributed by atoms with Crippen molar-refractivity contribution >= 4 is 5.91 Å². The van der Waals surface area contributed by atoms with Gasteiger partial charge in [0.1, 0.15) is 0 Å². The number of phenols is 2. The molecule has 19 heavy (non-hydrogen) atoms. The molecule has 2 unspecified atom stereocenters. The number of amides is 1. The molecule has 2 rings (SSSR count). The normalized spacial score (nSPS) is 23.4. The monoisotopic (exact) mass is 266 g/mol. The number of carbonyl (C=O) groups excluding carboxylic acids is 1. The first kappa shape index (κ1) is 13.6. The summed E-state index contributed by atoms with van der Waals surface area (Å²) >= 11 is 0. The highest BCUT2D eigenvalue weighted by atomic mass is 16.5. The van der Waals surface area contributed by atoms with Gasteiger partial charge in [0.2, 0.25) is 0 Å². The van der Waals surface area contributed by atoms with E-state index in [0.29, 0.717) is 25.3 Å². The van der Waals surface area contributed by atoms with Crippen LogP contribution in [0.15, 0.2) is 18.2 Å². The van der Waals surface area contributed by atoms with Crippen LogP contribution in [0.4, 0.5) is 0 Å². The van der Waals surface area contributed by atoms with Crippen molar-refractivity contribution in [3.63, 3.8) is 0 Å². The second-order valence-corrected chi connectivity index (χ2v) is 4.70. The summed E-state index contributed by atoms with van der Waals surface area (Å²) in [7, 11) is 0. The van der Waals surface area contributed by atoms with Gasteiger partial charge in [-0.15, -0.1) is 0 Å². The van der Waals surface area contributed by atoms with Crippen molar-refractivity contribution in [3.05, 3.63) is 23.8 Å². The van der Waals surface area contributed by atoms with Gasteiger partial charge in [-0.1, -0.05) is 0 Å². The van der Waals surface area contributed by atoms with Crippen LogP contribution in [-0.2, 0) is 4.74 Å². The topological polar surface area (TPSA) is 96.0 Å².